The molecule has 0 bridgehead atoms. The molecule has 3 rings (SSSR count). The number of halogens is 4. The molecule has 11 amide bonds. The van der Waals surface area contributed by atoms with Gasteiger partial charge in [-0.2, -0.15) is 13.2 Å². The van der Waals surface area contributed by atoms with Crippen molar-refractivity contribution < 1.29 is 65.9 Å². The minimum atomic E-state index is -4.77. The highest BCUT2D eigenvalue weighted by molar-refractivity contribution is 6.31. The van der Waals surface area contributed by atoms with E-state index in [0.717, 1.165) is 42.2 Å². The van der Waals surface area contributed by atoms with Crippen LogP contribution in [0.1, 0.15) is 144 Å². The molecule has 93 heavy (non-hydrogen) atoms. The van der Waals surface area contributed by atoms with E-state index in [1.54, 1.807) is 39.8 Å². The van der Waals surface area contributed by atoms with E-state index in [0.29, 0.717) is 12.0 Å². The molecule has 0 saturated carbocycles. The first-order valence-electron chi connectivity index (χ1n) is 31.9. The fourth-order valence-electron chi connectivity index (χ4n) is 10.6. The fourth-order valence-corrected chi connectivity index (χ4v) is 10.9. The molecule has 1 fully saturated rings. The Morgan fingerprint density at radius 3 is 1.61 bits per heavy atom. The highest BCUT2D eigenvalue weighted by Gasteiger charge is 2.43. The maximum absolute atomic E-state index is 14.9. The number of aryl methyl sites for hydroxylation is 2. The molecule has 1 heterocycles. The Hall–Kier alpha value is -7.31. The lowest BCUT2D eigenvalue weighted by Gasteiger charge is -2.39. The van der Waals surface area contributed by atoms with Crippen LogP contribution in [0.15, 0.2) is 42.5 Å². The second-order valence-electron chi connectivity index (χ2n) is 27.0. The summed E-state index contributed by atoms with van der Waals surface area (Å²) in [6.45, 7) is 21.3. The highest BCUT2D eigenvalue weighted by atomic mass is 35.5. The van der Waals surface area contributed by atoms with E-state index < -0.39 is 155 Å². The molecule has 0 aromatic heterocycles. The van der Waals surface area contributed by atoms with E-state index in [9.17, 15) is 65.9 Å². The fraction of sp³-hybridized carbons (Fsp3) is 0.657. The Bertz CT molecular complexity index is 2980. The third-order valence-corrected chi connectivity index (χ3v) is 18.0. The Balaban J connectivity index is 2.27. The van der Waals surface area contributed by atoms with Crippen molar-refractivity contribution in [1.29, 1.82) is 0 Å². The van der Waals surface area contributed by atoms with Gasteiger partial charge in [-0.3, -0.25) is 52.7 Å². The zero-order valence-corrected chi connectivity index (χ0v) is 58.9. The topological polar surface area (TPSA) is 259 Å². The smallest absolute Gasteiger partial charge is 0.343 e. The molecule has 1 aliphatic heterocycles. The summed E-state index contributed by atoms with van der Waals surface area (Å²) in [5, 5.41) is 10.6. The molecule has 520 valence electrons. The largest absolute Gasteiger partial charge is 0.417 e. The molecule has 2 aromatic rings. The highest BCUT2D eigenvalue weighted by Crippen LogP contribution is 2.35. The van der Waals surface area contributed by atoms with E-state index in [4.69, 9.17) is 11.6 Å². The Kier molecular flexibility index (Phi) is 29.8. The Labute approximate surface area is 553 Å². The molecule has 22 nitrogen and oxygen atoms in total. The first-order valence-corrected chi connectivity index (χ1v) is 32.3. The summed E-state index contributed by atoms with van der Waals surface area (Å²) in [7, 11) is 9.74. The monoisotopic (exact) mass is 1330 g/mol. The van der Waals surface area contributed by atoms with E-state index >= 15 is 0 Å². The van der Waals surface area contributed by atoms with Crippen molar-refractivity contribution in [3.63, 3.8) is 0 Å². The molecule has 0 radical (unpaired) electrons. The van der Waals surface area contributed by atoms with Gasteiger partial charge in [0.15, 0.2) is 0 Å². The Morgan fingerprint density at radius 2 is 1.09 bits per heavy atom. The van der Waals surface area contributed by atoms with Gasteiger partial charge in [0, 0.05) is 68.2 Å². The third-order valence-electron chi connectivity index (χ3n) is 17.7. The zero-order valence-electron chi connectivity index (χ0n) is 58.2. The predicted molar refractivity (Wildman–Crippen MR) is 350 cm³/mol. The van der Waals surface area contributed by atoms with Gasteiger partial charge >= 0.3 is 6.18 Å². The maximum atomic E-state index is 14.9. The average Bonchev–Trinajstić information content (AvgIpc) is 3.54. The second-order valence-corrected chi connectivity index (χ2v) is 27.4. The van der Waals surface area contributed by atoms with Crippen molar-refractivity contribution in [2.24, 2.45) is 23.7 Å². The summed E-state index contributed by atoms with van der Waals surface area (Å²) < 4.78 is 41.4. The van der Waals surface area contributed by atoms with Gasteiger partial charge in [0.25, 0.3) is 0 Å². The van der Waals surface area contributed by atoms with Gasteiger partial charge in [0.1, 0.15) is 47.8 Å². The van der Waals surface area contributed by atoms with Crippen LogP contribution in [-0.2, 0) is 71.8 Å². The van der Waals surface area contributed by atoms with E-state index in [2.05, 4.69) is 21.3 Å². The van der Waals surface area contributed by atoms with Crippen LogP contribution in [0.4, 0.5) is 13.2 Å². The van der Waals surface area contributed by atoms with Crippen LogP contribution in [0.5, 0.6) is 0 Å². The molecule has 26 heteroatoms. The molecular weight excluding hydrogens is 1230 g/mol. The maximum Gasteiger partial charge on any atom is 0.417 e. The lowest BCUT2D eigenvalue weighted by Crippen LogP contribution is -2.63. The van der Waals surface area contributed by atoms with Crippen molar-refractivity contribution in [3.8, 4) is 0 Å². The minimum Gasteiger partial charge on any atom is -0.343 e. The van der Waals surface area contributed by atoms with Gasteiger partial charge in [-0.05, 0) is 114 Å². The van der Waals surface area contributed by atoms with Gasteiger partial charge in [0.05, 0.1) is 23.7 Å². The molecule has 0 aliphatic carbocycles. The summed E-state index contributed by atoms with van der Waals surface area (Å²) in [6.07, 6.45) is -4.72. The molecule has 1 saturated heterocycles. The zero-order chi connectivity index (χ0) is 71.1. The number of nitrogens with one attached hydrogen (secondary N) is 4. The lowest BCUT2D eigenvalue weighted by atomic mass is 9.95. The summed E-state index contributed by atoms with van der Waals surface area (Å²) in [4.78, 5) is 168. The van der Waals surface area contributed by atoms with Crippen LogP contribution in [0, 0.1) is 30.6 Å². The predicted octanol–water partition coefficient (Wildman–Crippen LogP) is 5.87. The van der Waals surface area contributed by atoms with Crippen LogP contribution in [0.3, 0.4) is 0 Å². The summed E-state index contributed by atoms with van der Waals surface area (Å²) in [5.41, 5.74) is -0.998. The number of rotatable bonds is 13. The van der Waals surface area contributed by atoms with E-state index in [-0.39, 0.29) is 68.3 Å². The summed E-state index contributed by atoms with van der Waals surface area (Å²) in [6, 6.07) is 0.493. The van der Waals surface area contributed by atoms with Crippen molar-refractivity contribution in [1.82, 2.24) is 55.6 Å². The number of amides is 11. The first kappa shape index (κ1) is 79.9. The molecule has 2 aromatic carbocycles. The molecule has 4 N–H and O–H groups in total. The number of carbonyl (C=O) groups is 11. The van der Waals surface area contributed by atoms with Crippen molar-refractivity contribution in [3.05, 3.63) is 69.7 Å². The average molecular weight is 1330 g/mol. The van der Waals surface area contributed by atoms with E-state index in [1.807, 2.05) is 53.7 Å². The number of nitrogens with zero attached hydrogens (tertiary/aromatic N) is 7. The quantitative estimate of drug-likeness (QED) is 0.184. The van der Waals surface area contributed by atoms with Crippen LogP contribution in [0.25, 0.3) is 0 Å². The minimum absolute atomic E-state index is 0.0112. The van der Waals surface area contributed by atoms with E-state index in [1.165, 1.54) is 86.0 Å². The van der Waals surface area contributed by atoms with Crippen molar-refractivity contribution in [2.45, 2.75) is 201 Å². The lowest BCUT2D eigenvalue weighted by molar-refractivity contribution is -0.149. The third kappa shape index (κ3) is 22.4. The Morgan fingerprint density at radius 1 is 0.570 bits per heavy atom. The van der Waals surface area contributed by atoms with Gasteiger partial charge in [-0.15, -0.1) is 0 Å². The van der Waals surface area contributed by atoms with Gasteiger partial charge in [-0.25, -0.2) is 0 Å². The second kappa shape index (κ2) is 34.7. The molecule has 0 unspecified atom stereocenters. The normalized spacial score (nSPS) is 24.2. The number of likely N-dealkylation sites (N-methyl/N-ethyl adjacent to an activating group) is 7. The SMILES string of the molecule is CC[C@H](C)[C@@H]1NC(=O)[C@H](CC(C)C)N(C)C(=O)C[C@@H](C)N(C)C(=O)[C@@H](CC(C)C)NC(=O)C(C)(C)N(C)C(=O)[C@H](CC(C)C)NC(=O)[C@H](CCc2ccc(C(F)(F)F)c(Cl)c2)NC(=O)[C@@H](C)N(C)C(=O)[C@H](Cc2ccc(C)cc2)N(C)C(=O)CN(C)C(=O)CN(C)C1=O. The number of carbonyl (C=O) groups excluding carboxylic acids is 11. The number of hydrogen-bond acceptors (Lipinski definition) is 11. The van der Waals surface area contributed by atoms with Gasteiger partial charge in [-0.1, -0.05) is 109 Å². The van der Waals surface area contributed by atoms with Crippen LogP contribution in [0.2, 0.25) is 5.02 Å². The van der Waals surface area contributed by atoms with Crippen LogP contribution in [-0.4, -0.2) is 216 Å². The van der Waals surface area contributed by atoms with Gasteiger partial charge < -0.3 is 55.6 Å². The first-order chi connectivity index (χ1) is 43.0. The molecule has 9 atom stereocenters. The number of hydrogen-bond donors (Lipinski definition) is 4. The molecule has 1 aliphatic rings. The summed E-state index contributed by atoms with van der Waals surface area (Å²) >= 11 is 6.11. The summed E-state index contributed by atoms with van der Waals surface area (Å²) in [5.74, 6) is -8.64. The van der Waals surface area contributed by atoms with Crippen molar-refractivity contribution in [2.75, 3.05) is 62.4 Å². The van der Waals surface area contributed by atoms with Crippen LogP contribution < -0.4 is 21.3 Å². The number of benzene rings is 2. The standard InChI is InChI=1S/C67H103ClF3N11O11/c1-21-42(9)57-64(92)77(15)36-55(84)76(14)37-56(85)81(19)53(35-46-24-22-41(8)23-25-46)63(91)79(17)44(11)58(86)72-49(29-27-45-26-28-47(48(68)34-45)67(69,70)71)59(87)73-51(31-39(4)5)62(90)82(20)66(12,13)65(93)74-50(30-38(2)3)61(89)78(16)43(10)33-54(83)80(18)52(32-40(6)7)60(88)75-57/h22-26,28,34,38-40,42-44,49-53,57H,21,27,29-33,35-37H2,1-20H3,(H,72,86)(H,73,87)(H,74,93)(H,75,88)/t42-,43+,44+,49-,50+,51-,52-,53-,57-/m0/s1. The van der Waals surface area contributed by atoms with Crippen molar-refractivity contribution >= 4 is 76.6 Å². The van der Waals surface area contributed by atoms with Crippen LogP contribution >= 0.6 is 11.6 Å². The molecular formula is C67H103ClF3N11O11. The number of alkyl halides is 3. The van der Waals surface area contributed by atoms with Gasteiger partial charge in [0.2, 0.25) is 65.0 Å². The molecule has 0 spiro atoms.